The Balaban J connectivity index is 1.61. The summed E-state index contributed by atoms with van der Waals surface area (Å²) < 4.78 is 6.81. The number of carbonyl (C=O) groups excluding carboxylic acids is 1. The van der Waals surface area contributed by atoms with E-state index in [1.807, 2.05) is 49.4 Å². The number of H-pyrrole nitrogens is 1. The van der Waals surface area contributed by atoms with Crippen molar-refractivity contribution in [2.75, 3.05) is 6.61 Å². The van der Waals surface area contributed by atoms with Crippen LogP contribution in [0.25, 0.3) is 5.69 Å². The second-order valence-corrected chi connectivity index (χ2v) is 6.02. The molecule has 0 saturated carbocycles. The van der Waals surface area contributed by atoms with Crippen LogP contribution in [-0.2, 0) is 4.79 Å². The lowest BCUT2D eigenvalue weighted by atomic mass is 10.2. The first-order valence-corrected chi connectivity index (χ1v) is 8.43. The predicted octanol–water partition coefficient (Wildman–Crippen LogP) is 2.31. The largest absolute Gasteiger partial charge is 0.484 e. The minimum atomic E-state index is -0.414. The Morgan fingerprint density at radius 1 is 1.15 bits per heavy atom. The van der Waals surface area contributed by atoms with Gasteiger partial charge in [0.05, 0.1) is 17.5 Å². The van der Waals surface area contributed by atoms with E-state index in [4.69, 9.17) is 4.74 Å². The van der Waals surface area contributed by atoms with E-state index in [2.05, 4.69) is 15.6 Å². The number of amides is 1. The summed E-state index contributed by atoms with van der Waals surface area (Å²) in [5.74, 6) is 0.190. The van der Waals surface area contributed by atoms with Gasteiger partial charge < -0.3 is 4.74 Å². The van der Waals surface area contributed by atoms with E-state index in [0.717, 1.165) is 11.3 Å². The van der Waals surface area contributed by atoms with Crippen LogP contribution in [0.5, 0.6) is 5.75 Å². The lowest BCUT2D eigenvalue weighted by molar-refractivity contribution is -0.123. The van der Waals surface area contributed by atoms with Crippen LogP contribution in [0.15, 0.2) is 64.5 Å². The van der Waals surface area contributed by atoms with E-state index in [0.29, 0.717) is 17.0 Å². The molecule has 27 heavy (non-hydrogen) atoms. The SMILES string of the molecule is Cc1ccc(OCC(=O)NN=Cc2c(C)[nH]n(-c3ccccc3)c2=O)cc1. The molecule has 3 aromatic rings. The molecule has 2 aromatic carbocycles. The molecule has 0 radical (unpaired) electrons. The summed E-state index contributed by atoms with van der Waals surface area (Å²) in [4.78, 5) is 24.3. The monoisotopic (exact) mass is 364 g/mol. The Morgan fingerprint density at radius 2 is 1.85 bits per heavy atom. The highest BCUT2D eigenvalue weighted by Gasteiger charge is 2.10. The van der Waals surface area contributed by atoms with Crippen molar-refractivity contribution in [1.29, 1.82) is 0 Å². The number of hydrogen-bond donors (Lipinski definition) is 2. The first-order valence-electron chi connectivity index (χ1n) is 8.43. The number of aryl methyl sites for hydroxylation is 2. The van der Waals surface area contributed by atoms with Gasteiger partial charge in [-0.15, -0.1) is 0 Å². The summed E-state index contributed by atoms with van der Waals surface area (Å²) in [7, 11) is 0. The zero-order valence-corrected chi connectivity index (χ0v) is 15.1. The van der Waals surface area contributed by atoms with Crippen LogP contribution < -0.4 is 15.7 Å². The Morgan fingerprint density at radius 3 is 2.56 bits per heavy atom. The highest BCUT2D eigenvalue weighted by molar-refractivity contribution is 5.83. The third kappa shape index (κ3) is 4.52. The summed E-state index contributed by atoms with van der Waals surface area (Å²) in [5.41, 5.74) is 4.97. The van der Waals surface area contributed by atoms with Gasteiger partial charge in [-0.25, -0.2) is 10.1 Å². The van der Waals surface area contributed by atoms with E-state index < -0.39 is 5.91 Å². The maximum Gasteiger partial charge on any atom is 0.280 e. The van der Waals surface area contributed by atoms with Gasteiger partial charge in [-0.2, -0.15) is 5.10 Å². The number of carbonyl (C=O) groups is 1. The molecule has 1 heterocycles. The number of benzene rings is 2. The number of hydrazone groups is 1. The Bertz CT molecular complexity index is 1000. The third-order valence-corrected chi connectivity index (χ3v) is 3.91. The van der Waals surface area contributed by atoms with Crippen LogP contribution in [0.1, 0.15) is 16.8 Å². The van der Waals surface area contributed by atoms with Gasteiger partial charge in [-0.1, -0.05) is 35.9 Å². The van der Waals surface area contributed by atoms with Gasteiger partial charge in [-0.05, 0) is 38.1 Å². The molecule has 138 valence electrons. The van der Waals surface area contributed by atoms with Crippen molar-refractivity contribution in [3.05, 3.63) is 81.8 Å². The molecule has 0 spiro atoms. The summed E-state index contributed by atoms with van der Waals surface area (Å²) >= 11 is 0. The third-order valence-electron chi connectivity index (χ3n) is 3.91. The molecule has 3 rings (SSSR count). The molecule has 0 bridgehead atoms. The summed E-state index contributed by atoms with van der Waals surface area (Å²) in [6.07, 6.45) is 1.33. The van der Waals surface area contributed by atoms with E-state index in [9.17, 15) is 9.59 Å². The summed E-state index contributed by atoms with van der Waals surface area (Å²) in [6.45, 7) is 3.57. The van der Waals surface area contributed by atoms with Gasteiger partial charge in [0, 0.05) is 5.69 Å². The van der Waals surface area contributed by atoms with E-state index in [1.54, 1.807) is 19.1 Å². The minimum Gasteiger partial charge on any atom is -0.484 e. The molecule has 1 aromatic heterocycles. The van der Waals surface area contributed by atoms with Crippen LogP contribution in [-0.4, -0.2) is 28.5 Å². The topological polar surface area (TPSA) is 88.5 Å². The van der Waals surface area contributed by atoms with Gasteiger partial charge in [0.2, 0.25) is 0 Å². The molecular weight excluding hydrogens is 344 g/mol. The summed E-state index contributed by atoms with van der Waals surface area (Å²) in [5, 5.41) is 6.85. The highest BCUT2D eigenvalue weighted by Crippen LogP contribution is 2.11. The standard InChI is InChI=1S/C20H20N4O3/c1-14-8-10-17(11-9-14)27-13-19(25)22-21-12-18-15(2)23-24(20(18)26)16-6-4-3-5-7-16/h3-12,23H,13H2,1-2H3,(H,22,25). The number of aromatic amines is 1. The van der Waals surface area contributed by atoms with Gasteiger partial charge >= 0.3 is 0 Å². The lowest BCUT2D eigenvalue weighted by Gasteiger charge is -2.04. The number of aromatic nitrogens is 2. The van der Waals surface area contributed by atoms with Crippen LogP contribution >= 0.6 is 0 Å². The molecule has 0 fully saturated rings. The number of rotatable bonds is 6. The van der Waals surface area contributed by atoms with Gasteiger partial charge in [-0.3, -0.25) is 14.7 Å². The fourth-order valence-corrected chi connectivity index (χ4v) is 2.45. The van der Waals surface area contributed by atoms with Gasteiger partial charge in [0.15, 0.2) is 6.61 Å². The zero-order chi connectivity index (χ0) is 19.2. The van der Waals surface area contributed by atoms with Crippen molar-refractivity contribution >= 4 is 12.1 Å². The molecule has 0 aliphatic carbocycles. The van der Waals surface area contributed by atoms with Gasteiger partial charge in [0.25, 0.3) is 11.5 Å². The Labute approximate surface area is 156 Å². The maximum atomic E-state index is 12.5. The number of para-hydroxylation sites is 1. The second kappa shape index (κ2) is 8.18. The number of ether oxygens (including phenoxy) is 1. The van der Waals surface area contributed by atoms with E-state index in [-0.39, 0.29) is 12.2 Å². The van der Waals surface area contributed by atoms with Crippen LogP contribution in [0.4, 0.5) is 0 Å². The smallest absolute Gasteiger partial charge is 0.280 e. The first kappa shape index (κ1) is 18.2. The molecular formula is C20H20N4O3. The molecule has 1 amide bonds. The quantitative estimate of drug-likeness (QED) is 0.520. The average Bonchev–Trinajstić information content (AvgIpc) is 2.96. The second-order valence-electron chi connectivity index (χ2n) is 6.02. The number of hydrogen-bond acceptors (Lipinski definition) is 4. The Hall–Kier alpha value is -3.61. The Kier molecular flexibility index (Phi) is 5.51. The lowest BCUT2D eigenvalue weighted by Crippen LogP contribution is -2.25. The molecule has 0 aliphatic rings. The van der Waals surface area contributed by atoms with E-state index >= 15 is 0 Å². The molecule has 0 aliphatic heterocycles. The first-order chi connectivity index (χ1) is 13.0. The van der Waals surface area contributed by atoms with Crippen molar-refractivity contribution in [3.63, 3.8) is 0 Å². The number of nitrogens with one attached hydrogen (secondary N) is 2. The highest BCUT2D eigenvalue weighted by atomic mass is 16.5. The molecule has 2 N–H and O–H groups in total. The molecule has 0 atom stereocenters. The van der Waals surface area contributed by atoms with Crippen molar-refractivity contribution in [2.24, 2.45) is 5.10 Å². The van der Waals surface area contributed by atoms with Crippen LogP contribution in [0.2, 0.25) is 0 Å². The number of nitrogens with zero attached hydrogens (tertiary/aromatic N) is 2. The fraction of sp³-hybridized carbons (Fsp3) is 0.150. The fourth-order valence-electron chi connectivity index (χ4n) is 2.45. The summed E-state index contributed by atoms with van der Waals surface area (Å²) in [6, 6.07) is 16.6. The van der Waals surface area contributed by atoms with Crippen molar-refractivity contribution in [2.45, 2.75) is 13.8 Å². The minimum absolute atomic E-state index is 0.166. The normalized spacial score (nSPS) is 10.9. The average molecular weight is 364 g/mol. The molecule has 0 unspecified atom stereocenters. The zero-order valence-electron chi connectivity index (χ0n) is 15.1. The maximum absolute atomic E-state index is 12.5. The predicted molar refractivity (Wildman–Crippen MR) is 104 cm³/mol. The van der Waals surface area contributed by atoms with Crippen molar-refractivity contribution in [3.8, 4) is 11.4 Å². The van der Waals surface area contributed by atoms with Crippen molar-refractivity contribution in [1.82, 2.24) is 15.2 Å². The van der Waals surface area contributed by atoms with Gasteiger partial charge in [0.1, 0.15) is 5.75 Å². The van der Waals surface area contributed by atoms with Crippen LogP contribution in [0.3, 0.4) is 0 Å². The van der Waals surface area contributed by atoms with Crippen molar-refractivity contribution < 1.29 is 9.53 Å². The molecule has 0 saturated heterocycles. The van der Waals surface area contributed by atoms with E-state index in [1.165, 1.54) is 10.9 Å². The molecule has 7 nitrogen and oxygen atoms in total. The van der Waals surface area contributed by atoms with Crippen LogP contribution in [0, 0.1) is 13.8 Å². The molecule has 7 heteroatoms.